The Hall–Kier alpha value is -1.35. The monoisotopic (exact) mass is 650 g/mol. The number of hydrogen-bond acceptors (Lipinski definition) is 1. The second-order valence-corrected chi connectivity index (χ2v) is 14.4. The predicted molar refractivity (Wildman–Crippen MR) is 137 cm³/mol. The molecule has 35 heavy (non-hydrogen) atoms. The summed E-state index contributed by atoms with van der Waals surface area (Å²) in [4.78, 5) is 2.69. The maximum absolute atomic E-state index is 3.69. The van der Waals surface area contributed by atoms with Gasteiger partial charge in [-0.25, -0.2) is 0 Å². The molecule has 2 aliphatic carbocycles. The molecule has 8 rings (SSSR count). The van der Waals surface area contributed by atoms with Crippen molar-refractivity contribution in [2.75, 3.05) is 0 Å². The molecule has 4 aromatic carbocycles. The van der Waals surface area contributed by atoms with Crippen LogP contribution in [0.25, 0.3) is 12.2 Å². The van der Waals surface area contributed by atoms with Crippen molar-refractivity contribution in [2.45, 2.75) is 21.6 Å². The average molecular weight is 654 g/mol. The van der Waals surface area contributed by atoms with Crippen molar-refractivity contribution in [3.63, 3.8) is 0 Å². The van der Waals surface area contributed by atoms with Crippen molar-refractivity contribution in [3.05, 3.63) is 135 Å². The molecule has 0 amide bonds. The minimum Gasteiger partial charge on any atom is -1.00 e. The van der Waals surface area contributed by atoms with E-state index in [2.05, 4.69) is 119 Å². The third kappa shape index (κ3) is 4.49. The van der Waals surface area contributed by atoms with Gasteiger partial charge in [-0.15, -0.1) is 0 Å². The maximum atomic E-state index is 3.69. The molecule has 0 aromatic heterocycles. The van der Waals surface area contributed by atoms with Crippen LogP contribution in [0.4, 0.5) is 0 Å². The third-order valence-electron chi connectivity index (χ3n) is 6.82. The van der Waals surface area contributed by atoms with E-state index in [1.165, 1.54) is 43.2 Å². The fourth-order valence-electron chi connectivity index (χ4n) is 5.42. The zero-order chi connectivity index (χ0) is 21.9. The third-order valence-corrected chi connectivity index (χ3v) is 11.8. The quantitative estimate of drug-likeness (QED) is 0.328. The summed E-state index contributed by atoms with van der Waals surface area (Å²) in [6, 6.07) is 34.2. The van der Waals surface area contributed by atoms with Crippen LogP contribution >= 0.6 is 27.7 Å². The molecular formula is C30H19BrCl2SZr. The van der Waals surface area contributed by atoms with E-state index < -0.39 is 23.2 Å². The Morgan fingerprint density at radius 3 is 2.00 bits per heavy atom. The first kappa shape index (κ1) is 25.3. The van der Waals surface area contributed by atoms with Gasteiger partial charge in [0, 0.05) is 0 Å². The van der Waals surface area contributed by atoms with Crippen LogP contribution in [0.2, 0.25) is 0 Å². The van der Waals surface area contributed by atoms with Crippen LogP contribution in [-0.4, -0.2) is 0 Å². The molecule has 170 valence electrons. The Balaban J connectivity index is 0.00000127. The molecular weight excluding hydrogens is 634 g/mol. The molecule has 0 fully saturated rings. The molecule has 0 nitrogen and oxygen atoms in total. The normalized spacial score (nSPS) is 18.1. The summed E-state index contributed by atoms with van der Waals surface area (Å²) in [5.74, 6) is 0.795. The molecule has 2 aliphatic heterocycles. The first-order valence-electron chi connectivity index (χ1n) is 11.2. The summed E-state index contributed by atoms with van der Waals surface area (Å²) in [7, 11) is 0. The van der Waals surface area contributed by atoms with Gasteiger partial charge >= 0.3 is 220 Å². The van der Waals surface area contributed by atoms with Gasteiger partial charge < -0.3 is 24.8 Å². The molecule has 2 unspecified atom stereocenters. The molecule has 0 N–H and O–H groups in total. The zero-order valence-corrected chi connectivity index (χ0v) is 24.9. The molecule has 0 radical (unpaired) electrons. The Morgan fingerprint density at radius 1 is 0.600 bits per heavy atom. The van der Waals surface area contributed by atoms with Crippen molar-refractivity contribution in [3.8, 4) is 0 Å². The van der Waals surface area contributed by atoms with Gasteiger partial charge in [-0.1, -0.05) is 0 Å². The second-order valence-electron chi connectivity index (χ2n) is 8.84. The van der Waals surface area contributed by atoms with Gasteiger partial charge in [-0.05, 0) is 0 Å². The fraction of sp³-hybridized carbons (Fsp3) is 0.0667. The van der Waals surface area contributed by atoms with Gasteiger partial charge in [0.1, 0.15) is 0 Å². The number of benzene rings is 4. The van der Waals surface area contributed by atoms with Crippen LogP contribution in [0.5, 0.6) is 0 Å². The summed E-state index contributed by atoms with van der Waals surface area (Å²) < 4.78 is 4.49. The van der Waals surface area contributed by atoms with Crippen molar-refractivity contribution in [2.24, 2.45) is 0 Å². The zero-order valence-electron chi connectivity index (χ0n) is 18.5. The van der Waals surface area contributed by atoms with Crippen molar-refractivity contribution in [1.29, 1.82) is 0 Å². The van der Waals surface area contributed by atoms with E-state index in [-0.39, 0.29) is 24.8 Å². The summed E-state index contributed by atoms with van der Waals surface area (Å²) >= 11 is 4.55. The molecule has 6 bridgehead atoms. The van der Waals surface area contributed by atoms with Crippen LogP contribution in [0.1, 0.15) is 45.2 Å². The fourth-order valence-corrected chi connectivity index (χ4v) is 11.0. The van der Waals surface area contributed by atoms with Crippen molar-refractivity contribution in [1.82, 2.24) is 0 Å². The molecule has 2 heterocycles. The van der Waals surface area contributed by atoms with Gasteiger partial charge in [0.05, 0.1) is 0 Å². The molecule has 0 saturated heterocycles. The molecule has 5 heteroatoms. The maximum Gasteiger partial charge on any atom is -1.00 e. The Kier molecular flexibility index (Phi) is 7.37. The van der Waals surface area contributed by atoms with Gasteiger partial charge in [-0.2, -0.15) is 0 Å². The van der Waals surface area contributed by atoms with E-state index in [1.54, 1.807) is 6.56 Å². The van der Waals surface area contributed by atoms with Crippen LogP contribution in [-0.2, 0) is 23.2 Å². The first-order valence-corrected chi connectivity index (χ1v) is 15.3. The molecule has 0 spiro atoms. The summed E-state index contributed by atoms with van der Waals surface area (Å²) in [5.41, 5.74) is 8.62. The number of hydrogen-bond donors (Lipinski definition) is 0. The summed E-state index contributed by atoms with van der Waals surface area (Å²) in [6.07, 6.45) is 5.05. The molecule has 4 aromatic rings. The molecule has 2 atom stereocenters. The molecule has 4 aliphatic rings. The SMILES string of the molecule is Brc1ccc2c(c1)C=[C]([Zr+2][C]1=Cc3cc4ccc3C1c1cccc(c1)S4)C2c1ccccc1.[Cl-].[Cl-]. The minimum absolute atomic E-state index is 0. The second kappa shape index (κ2) is 10.2. The van der Waals surface area contributed by atoms with Gasteiger partial charge in [0.15, 0.2) is 0 Å². The van der Waals surface area contributed by atoms with Crippen molar-refractivity contribution < 1.29 is 48.0 Å². The van der Waals surface area contributed by atoms with E-state index in [0.717, 1.165) is 4.47 Å². The average Bonchev–Trinajstić information content (AvgIpc) is 3.37. The van der Waals surface area contributed by atoms with Gasteiger partial charge in [0.25, 0.3) is 0 Å². The number of allylic oxidation sites excluding steroid dienone is 2. The van der Waals surface area contributed by atoms with E-state index in [1.807, 2.05) is 11.8 Å². The summed E-state index contributed by atoms with van der Waals surface area (Å²) in [5, 5.41) is 0. The van der Waals surface area contributed by atoms with E-state index >= 15 is 0 Å². The molecule has 0 saturated carbocycles. The Morgan fingerprint density at radius 2 is 1.23 bits per heavy atom. The van der Waals surface area contributed by atoms with Gasteiger partial charge in [-0.3, -0.25) is 0 Å². The van der Waals surface area contributed by atoms with E-state index in [0.29, 0.717) is 11.8 Å². The Labute approximate surface area is 242 Å². The topological polar surface area (TPSA) is 0 Å². The Bertz CT molecular complexity index is 1490. The standard InChI is InChI=1S/C15H10Br.C15H9S.2ClH.Zr/c16-13-7-9-15-12(10-13)6-8-14(15)11-4-2-1-3-5-11;1-2-10-8-12(3-1)16-13-5-7-15-11(9-13)4-6-14(10)15;;;/h1-7,9-10,14H;1-5,7-9,14H;2*1H;/q;;;;+2/p-2. The largest absolute Gasteiger partial charge is 1.00 e. The van der Waals surface area contributed by atoms with E-state index in [4.69, 9.17) is 0 Å². The first-order chi connectivity index (χ1) is 16.2. The number of fused-ring (bicyclic) bond motifs is 2. The number of halogens is 3. The van der Waals surface area contributed by atoms with Crippen molar-refractivity contribution >= 4 is 39.8 Å². The van der Waals surface area contributed by atoms with E-state index in [9.17, 15) is 0 Å². The van der Waals surface area contributed by atoms with Crippen LogP contribution in [0, 0.1) is 0 Å². The van der Waals surface area contributed by atoms with Crippen LogP contribution in [0.3, 0.4) is 0 Å². The summed E-state index contributed by atoms with van der Waals surface area (Å²) in [6.45, 7) is 0. The minimum atomic E-state index is -1.02. The predicted octanol–water partition coefficient (Wildman–Crippen LogP) is 2.68. The van der Waals surface area contributed by atoms with Crippen LogP contribution in [0.15, 0.2) is 112 Å². The van der Waals surface area contributed by atoms with Gasteiger partial charge in [0.2, 0.25) is 0 Å². The smallest absolute Gasteiger partial charge is 1.00 e. The van der Waals surface area contributed by atoms with Crippen LogP contribution < -0.4 is 24.8 Å². The number of rotatable bonds is 3.